The highest BCUT2D eigenvalue weighted by Crippen LogP contribution is 2.33. The van der Waals surface area contributed by atoms with Gasteiger partial charge >= 0.3 is 0 Å². The predicted molar refractivity (Wildman–Crippen MR) is 115 cm³/mol. The Bertz CT molecular complexity index is 1130. The lowest BCUT2D eigenvalue weighted by molar-refractivity contribution is -0.118. The van der Waals surface area contributed by atoms with Crippen LogP contribution in [0.4, 0.5) is 5.13 Å². The predicted octanol–water partition coefficient (Wildman–Crippen LogP) is 5.43. The highest BCUT2D eigenvalue weighted by atomic mass is 35.5. The zero-order valence-corrected chi connectivity index (χ0v) is 16.9. The summed E-state index contributed by atoms with van der Waals surface area (Å²) in [6.07, 6.45) is 2.03. The number of aromatic nitrogens is 2. The van der Waals surface area contributed by atoms with Crippen LogP contribution in [0.5, 0.6) is 0 Å². The number of aryl methyl sites for hydroxylation is 1. The quantitative estimate of drug-likeness (QED) is 0.443. The van der Waals surface area contributed by atoms with Gasteiger partial charge in [-0.1, -0.05) is 64.9 Å². The second-order valence-electron chi connectivity index (χ2n) is 6.55. The van der Waals surface area contributed by atoms with E-state index in [1.807, 2.05) is 67.6 Å². The number of hydrogen-bond acceptors (Lipinski definition) is 4. The molecule has 0 fully saturated rings. The molecule has 0 N–H and O–H groups in total. The molecule has 4 nitrogen and oxygen atoms in total. The Hall–Kier alpha value is -2.76. The molecule has 28 heavy (non-hydrogen) atoms. The molecule has 1 amide bonds. The van der Waals surface area contributed by atoms with E-state index >= 15 is 0 Å². The largest absolute Gasteiger partial charge is 0.282 e. The normalized spacial score (nSPS) is 10.9. The number of hydrogen-bond donors (Lipinski definition) is 0. The topological polar surface area (TPSA) is 46.1 Å². The molecule has 0 aliphatic heterocycles. The first-order valence-corrected chi connectivity index (χ1v) is 10.1. The van der Waals surface area contributed by atoms with Crippen molar-refractivity contribution in [1.82, 2.24) is 9.97 Å². The van der Waals surface area contributed by atoms with Gasteiger partial charge in [0.2, 0.25) is 5.91 Å². The zero-order valence-electron chi connectivity index (χ0n) is 15.3. The second-order valence-corrected chi connectivity index (χ2v) is 7.97. The third kappa shape index (κ3) is 4.06. The summed E-state index contributed by atoms with van der Waals surface area (Å²) >= 11 is 7.75. The van der Waals surface area contributed by atoms with Crippen LogP contribution in [0, 0.1) is 6.92 Å². The molecular weight excluding hydrogens is 390 g/mol. The van der Waals surface area contributed by atoms with Gasteiger partial charge in [0, 0.05) is 6.20 Å². The van der Waals surface area contributed by atoms with Gasteiger partial charge in [-0.25, -0.2) is 4.98 Å². The summed E-state index contributed by atoms with van der Waals surface area (Å²) in [5, 5.41) is 1.22. The van der Waals surface area contributed by atoms with Crippen molar-refractivity contribution >= 4 is 44.2 Å². The number of halogens is 1. The van der Waals surface area contributed by atoms with Gasteiger partial charge in [0.1, 0.15) is 5.52 Å². The number of rotatable bonds is 5. The first-order chi connectivity index (χ1) is 13.6. The van der Waals surface area contributed by atoms with Gasteiger partial charge in [-0.2, -0.15) is 0 Å². The number of fused-ring (bicyclic) bond motifs is 1. The smallest absolute Gasteiger partial charge is 0.233 e. The van der Waals surface area contributed by atoms with Crippen LogP contribution in [0.25, 0.3) is 10.2 Å². The highest BCUT2D eigenvalue weighted by molar-refractivity contribution is 7.22. The first-order valence-electron chi connectivity index (χ1n) is 8.91. The Morgan fingerprint density at radius 3 is 2.71 bits per heavy atom. The standard InChI is InChI=1S/C22H18ClN3OS/c1-15-6-4-7-16(12-15)13-20(27)26(14-17-8-2-3-11-24-17)22-25-21-18(23)9-5-10-19(21)28-22/h2-12H,13-14H2,1H3. The summed E-state index contributed by atoms with van der Waals surface area (Å²) in [6, 6.07) is 19.4. The first kappa shape index (κ1) is 18.6. The maximum Gasteiger partial charge on any atom is 0.233 e. The average Bonchev–Trinajstić information content (AvgIpc) is 3.12. The molecule has 6 heteroatoms. The number of para-hydroxylation sites is 1. The van der Waals surface area contributed by atoms with Crippen molar-refractivity contribution in [3.05, 3.63) is 88.7 Å². The molecular formula is C22H18ClN3OS. The molecule has 2 aromatic carbocycles. The van der Waals surface area contributed by atoms with Crippen LogP contribution in [0.15, 0.2) is 66.9 Å². The number of carbonyl (C=O) groups excluding carboxylic acids is 1. The van der Waals surface area contributed by atoms with E-state index in [1.165, 1.54) is 11.3 Å². The van der Waals surface area contributed by atoms with E-state index in [2.05, 4.69) is 9.97 Å². The van der Waals surface area contributed by atoms with Crippen molar-refractivity contribution in [1.29, 1.82) is 0 Å². The van der Waals surface area contributed by atoms with E-state index in [1.54, 1.807) is 11.1 Å². The van der Waals surface area contributed by atoms with Crippen molar-refractivity contribution in [3.8, 4) is 0 Å². The number of nitrogens with zero attached hydrogens (tertiary/aromatic N) is 3. The zero-order chi connectivity index (χ0) is 19.5. The molecule has 4 aromatic rings. The van der Waals surface area contributed by atoms with Gasteiger partial charge in [-0.15, -0.1) is 0 Å². The van der Waals surface area contributed by atoms with Gasteiger partial charge in [0.25, 0.3) is 0 Å². The number of benzene rings is 2. The summed E-state index contributed by atoms with van der Waals surface area (Å²) in [4.78, 5) is 24.0. The van der Waals surface area contributed by atoms with Crippen LogP contribution < -0.4 is 4.90 Å². The van der Waals surface area contributed by atoms with Crippen LogP contribution in [0.3, 0.4) is 0 Å². The van der Waals surface area contributed by atoms with Crippen molar-refractivity contribution in [2.75, 3.05) is 4.90 Å². The van der Waals surface area contributed by atoms with Crippen LogP contribution in [-0.4, -0.2) is 15.9 Å². The maximum absolute atomic E-state index is 13.2. The van der Waals surface area contributed by atoms with Gasteiger partial charge in [0.15, 0.2) is 5.13 Å². The lowest BCUT2D eigenvalue weighted by atomic mass is 10.1. The Balaban J connectivity index is 1.70. The minimum absolute atomic E-state index is 0.0218. The van der Waals surface area contributed by atoms with Gasteiger partial charge < -0.3 is 0 Å². The summed E-state index contributed by atoms with van der Waals surface area (Å²) < 4.78 is 0.955. The van der Waals surface area contributed by atoms with Crippen LogP contribution >= 0.6 is 22.9 Å². The highest BCUT2D eigenvalue weighted by Gasteiger charge is 2.21. The SMILES string of the molecule is Cc1cccc(CC(=O)N(Cc2ccccn2)c2nc3c(Cl)cccc3s2)c1. The minimum Gasteiger partial charge on any atom is -0.282 e. The van der Waals surface area contributed by atoms with E-state index in [-0.39, 0.29) is 5.91 Å². The van der Waals surface area contributed by atoms with E-state index in [9.17, 15) is 4.79 Å². The van der Waals surface area contributed by atoms with Crippen molar-refractivity contribution in [3.63, 3.8) is 0 Å². The molecule has 0 radical (unpaired) electrons. The fourth-order valence-corrected chi connectivity index (χ4v) is 4.31. The fourth-order valence-electron chi connectivity index (χ4n) is 3.03. The van der Waals surface area contributed by atoms with Crippen molar-refractivity contribution in [2.45, 2.75) is 19.9 Å². The lowest BCUT2D eigenvalue weighted by Crippen LogP contribution is -2.32. The summed E-state index contributed by atoms with van der Waals surface area (Å²) in [7, 11) is 0. The van der Waals surface area contributed by atoms with Crippen LogP contribution in [-0.2, 0) is 17.8 Å². The number of amides is 1. The average molecular weight is 408 g/mol. The third-order valence-electron chi connectivity index (χ3n) is 4.37. The molecule has 0 bridgehead atoms. The third-order valence-corrected chi connectivity index (χ3v) is 5.72. The van der Waals surface area contributed by atoms with Crippen LogP contribution in [0.2, 0.25) is 5.02 Å². The van der Waals surface area contributed by atoms with E-state index in [0.29, 0.717) is 23.1 Å². The summed E-state index contributed by atoms with van der Waals surface area (Å²) in [5.41, 5.74) is 3.65. The lowest BCUT2D eigenvalue weighted by Gasteiger charge is -2.19. The van der Waals surface area contributed by atoms with Gasteiger partial charge in [-0.3, -0.25) is 14.7 Å². The van der Waals surface area contributed by atoms with Crippen LogP contribution in [0.1, 0.15) is 16.8 Å². The van der Waals surface area contributed by atoms with E-state index in [0.717, 1.165) is 27.0 Å². The minimum atomic E-state index is -0.0218. The molecule has 2 aromatic heterocycles. The monoisotopic (exact) mass is 407 g/mol. The number of thiazole rings is 1. The number of pyridine rings is 1. The number of carbonyl (C=O) groups is 1. The molecule has 0 saturated carbocycles. The second kappa shape index (κ2) is 8.09. The molecule has 0 aliphatic rings. The Morgan fingerprint density at radius 1 is 1.11 bits per heavy atom. The molecule has 0 spiro atoms. The van der Waals surface area contributed by atoms with E-state index < -0.39 is 0 Å². The fraction of sp³-hybridized carbons (Fsp3) is 0.136. The maximum atomic E-state index is 13.2. The van der Waals surface area contributed by atoms with E-state index in [4.69, 9.17) is 11.6 Å². The molecule has 0 unspecified atom stereocenters. The molecule has 0 saturated heterocycles. The number of anilines is 1. The molecule has 0 atom stereocenters. The molecule has 4 rings (SSSR count). The molecule has 140 valence electrons. The van der Waals surface area contributed by atoms with Gasteiger partial charge in [0.05, 0.1) is 28.4 Å². The molecule has 2 heterocycles. The Kier molecular flexibility index (Phi) is 5.37. The Labute approximate surface area is 172 Å². The Morgan fingerprint density at radius 2 is 1.96 bits per heavy atom. The summed E-state index contributed by atoms with van der Waals surface area (Å²) in [6.45, 7) is 2.39. The summed E-state index contributed by atoms with van der Waals surface area (Å²) in [5.74, 6) is -0.0218. The molecule has 0 aliphatic carbocycles. The van der Waals surface area contributed by atoms with Gasteiger partial charge in [-0.05, 0) is 36.8 Å². The van der Waals surface area contributed by atoms with Crippen molar-refractivity contribution < 1.29 is 4.79 Å². The van der Waals surface area contributed by atoms with Crippen molar-refractivity contribution in [2.24, 2.45) is 0 Å².